The monoisotopic (exact) mass is 346 g/mol. The van der Waals surface area contributed by atoms with E-state index in [-0.39, 0.29) is 0 Å². The number of thiophene rings is 1. The summed E-state index contributed by atoms with van der Waals surface area (Å²) in [7, 11) is 0. The smallest absolute Gasteiger partial charge is 0.336 e. The van der Waals surface area contributed by atoms with Crippen molar-refractivity contribution in [1.82, 2.24) is 4.98 Å². The minimum atomic E-state index is -0.917. The van der Waals surface area contributed by atoms with Gasteiger partial charge in [0.1, 0.15) is 0 Å². The molecule has 0 bridgehead atoms. The van der Waals surface area contributed by atoms with Crippen LogP contribution in [0.15, 0.2) is 28.2 Å². The molecule has 0 aliphatic rings. The van der Waals surface area contributed by atoms with Crippen LogP contribution >= 0.6 is 38.9 Å². The van der Waals surface area contributed by atoms with Crippen molar-refractivity contribution in [1.29, 1.82) is 0 Å². The minimum absolute atomic E-state index is 0.301. The Labute approximate surface area is 121 Å². The molecular weight excluding hydrogens is 340 g/mol. The maximum Gasteiger partial charge on any atom is 0.336 e. The van der Waals surface area contributed by atoms with Gasteiger partial charge in [0.25, 0.3) is 0 Å². The van der Waals surface area contributed by atoms with Gasteiger partial charge in [-0.15, -0.1) is 11.3 Å². The summed E-state index contributed by atoms with van der Waals surface area (Å²) < 4.78 is 0.826. The van der Waals surface area contributed by atoms with Crippen molar-refractivity contribution in [3.63, 3.8) is 0 Å². The molecule has 0 amide bonds. The van der Waals surface area contributed by atoms with E-state index >= 15 is 0 Å². The Hall–Kier alpha value is -1.11. The second kappa shape index (κ2) is 5.69. The number of aromatic nitrogens is 1. The fraction of sp³-hybridized carbons (Fsp3) is 0.0909. The van der Waals surface area contributed by atoms with Gasteiger partial charge in [0.05, 0.1) is 11.3 Å². The largest absolute Gasteiger partial charge is 0.478 e. The number of pyridine rings is 1. The fourth-order valence-electron chi connectivity index (χ4n) is 1.31. The fourth-order valence-corrected chi connectivity index (χ4v) is 2.61. The van der Waals surface area contributed by atoms with Gasteiger partial charge in [-0.25, -0.2) is 9.78 Å². The van der Waals surface area contributed by atoms with Crippen LogP contribution in [0.1, 0.15) is 15.2 Å². The maximum atomic E-state index is 10.7. The SMILES string of the molecule is O=C(O)c1csc(CNc2cc(Br)cnc2Cl)c1. The van der Waals surface area contributed by atoms with Crippen molar-refractivity contribution in [3.05, 3.63) is 43.8 Å². The van der Waals surface area contributed by atoms with Crippen molar-refractivity contribution in [2.24, 2.45) is 0 Å². The molecule has 0 spiro atoms. The molecule has 0 radical (unpaired) electrons. The summed E-state index contributed by atoms with van der Waals surface area (Å²) in [5.74, 6) is -0.917. The Morgan fingerprint density at radius 1 is 1.56 bits per heavy atom. The highest BCUT2D eigenvalue weighted by molar-refractivity contribution is 9.10. The molecule has 4 nitrogen and oxygen atoms in total. The molecule has 2 rings (SSSR count). The molecule has 2 aromatic rings. The molecule has 2 aromatic heterocycles. The van der Waals surface area contributed by atoms with Crippen LogP contribution in [0, 0.1) is 0 Å². The summed E-state index contributed by atoms with van der Waals surface area (Å²) in [6.07, 6.45) is 1.61. The van der Waals surface area contributed by atoms with E-state index in [0.717, 1.165) is 9.35 Å². The number of carboxylic acids is 1. The van der Waals surface area contributed by atoms with Gasteiger partial charge < -0.3 is 10.4 Å². The van der Waals surface area contributed by atoms with Crippen LogP contribution in [-0.2, 0) is 6.54 Å². The highest BCUT2D eigenvalue weighted by Crippen LogP contribution is 2.24. The third-order valence-corrected chi connectivity index (χ3v) is 3.83. The van der Waals surface area contributed by atoms with Gasteiger partial charge in [0.2, 0.25) is 0 Å². The van der Waals surface area contributed by atoms with Crippen LogP contribution in [0.5, 0.6) is 0 Å². The van der Waals surface area contributed by atoms with Crippen molar-refractivity contribution in [2.75, 3.05) is 5.32 Å². The number of nitrogens with one attached hydrogen (secondary N) is 1. The Balaban J connectivity index is 2.06. The molecule has 0 unspecified atom stereocenters. The molecule has 0 saturated heterocycles. The van der Waals surface area contributed by atoms with Gasteiger partial charge in [-0.3, -0.25) is 0 Å². The highest BCUT2D eigenvalue weighted by Gasteiger charge is 2.07. The highest BCUT2D eigenvalue weighted by atomic mass is 79.9. The average molecular weight is 348 g/mol. The Kier molecular flexibility index (Phi) is 4.21. The number of anilines is 1. The molecular formula is C11H8BrClN2O2S. The van der Waals surface area contributed by atoms with Crippen molar-refractivity contribution in [3.8, 4) is 0 Å². The van der Waals surface area contributed by atoms with E-state index in [1.807, 2.05) is 6.07 Å². The number of halogens is 2. The summed E-state index contributed by atoms with van der Waals surface area (Å²) in [5, 5.41) is 13.9. The van der Waals surface area contributed by atoms with Crippen molar-refractivity contribution < 1.29 is 9.90 Å². The van der Waals surface area contributed by atoms with E-state index in [2.05, 4.69) is 26.2 Å². The maximum absolute atomic E-state index is 10.7. The first kappa shape index (κ1) is 13.3. The summed E-state index contributed by atoms with van der Waals surface area (Å²) in [4.78, 5) is 15.6. The van der Waals surface area contributed by atoms with Crippen LogP contribution in [-0.4, -0.2) is 16.1 Å². The Bertz CT molecular complexity index is 588. The lowest BCUT2D eigenvalue weighted by atomic mass is 10.3. The van der Waals surface area contributed by atoms with Gasteiger partial charge in [0.15, 0.2) is 5.15 Å². The Morgan fingerprint density at radius 3 is 3.00 bits per heavy atom. The quantitative estimate of drug-likeness (QED) is 0.824. The summed E-state index contributed by atoms with van der Waals surface area (Å²) in [5.41, 5.74) is 1.01. The zero-order valence-corrected chi connectivity index (χ0v) is 12.1. The van der Waals surface area contributed by atoms with Gasteiger partial charge in [-0.05, 0) is 28.1 Å². The minimum Gasteiger partial charge on any atom is -0.478 e. The van der Waals surface area contributed by atoms with Crippen LogP contribution in [0.3, 0.4) is 0 Å². The number of carboxylic acid groups (broad SMARTS) is 1. The predicted octanol–water partition coefficient (Wildman–Crippen LogP) is 3.87. The van der Waals surface area contributed by atoms with Crippen LogP contribution in [0.4, 0.5) is 5.69 Å². The second-order valence-corrected chi connectivity index (χ2v) is 5.72. The normalized spacial score (nSPS) is 10.3. The first-order valence-electron chi connectivity index (χ1n) is 4.92. The van der Waals surface area contributed by atoms with Gasteiger partial charge in [-0.1, -0.05) is 11.6 Å². The number of carbonyl (C=O) groups is 1. The zero-order valence-electron chi connectivity index (χ0n) is 8.98. The van der Waals surface area contributed by atoms with Crippen molar-refractivity contribution >= 4 is 50.5 Å². The molecule has 7 heteroatoms. The van der Waals surface area contributed by atoms with Crippen LogP contribution in [0.2, 0.25) is 5.15 Å². The third kappa shape index (κ3) is 3.22. The predicted molar refractivity (Wildman–Crippen MR) is 75.6 cm³/mol. The topological polar surface area (TPSA) is 62.2 Å². The van der Waals surface area contributed by atoms with E-state index in [0.29, 0.717) is 22.9 Å². The van der Waals surface area contributed by atoms with Crippen LogP contribution < -0.4 is 5.32 Å². The Morgan fingerprint density at radius 2 is 2.33 bits per heavy atom. The molecule has 0 aromatic carbocycles. The number of aromatic carboxylic acids is 1. The molecule has 2 heterocycles. The van der Waals surface area contributed by atoms with Gasteiger partial charge >= 0.3 is 5.97 Å². The summed E-state index contributed by atoms with van der Waals surface area (Å²) in [6.45, 7) is 0.510. The third-order valence-electron chi connectivity index (χ3n) is 2.16. The lowest BCUT2D eigenvalue weighted by Crippen LogP contribution is -1.99. The number of hydrogen-bond acceptors (Lipinski definition) is 4. The van der Waals surface area contributed by atoms with Gasteiger partial charge in [-0.2, -0.15) is 0 Å². The summed E-state index contributed by atoms with van der Waals surface area (Å²) in [6, 6.07) is 3.46. The first-order chi connectivity index (χ1) is 8.56. The lowest BCUT2D eigenvalue weighted by molar-refractivity contribution is 0.0697. The molecule has 2 N–H and O–H groups in total. The van der Waals surface area contributed by atoms with Crippen molar-refractivity contribution in [2.45, 2.75) is 6.54 Å². The molecule has 94 valence electrons. The number of rotatable bonds is 4. The standard InChI is InChI=1S/C11H8BrClN2O2S/c12-7-2-9(10(13)15-3-7)14-4-8-1-6(5-18-8)11(16)17/h1-3,5,14H,4H2,(H,16,17). The summed E-state index contributed by atoms with van der Waals surface area (Å²) >= 11 is 10.6. The molecule has 0 aliphatic heterocycles. The van der Waals surface area contributed by atoms with Crippen LogP contribution in [0.25, 0.3) is 0 Å². The molecule has 0 aliphatic carbocycles. The molecule has 18 heavy (non-hydrogen) atoms. The average Bonchev–Trinajstić information content (AvgIpc) is 2.79. The number of hydrogen-bond donors (Lipinski definition) is 2. The molecule has 0 saturated carbocycles. The van der Waals surface area contributed by atoms with E-state index in [9.17, 15) is 4.79 Å². The lowest BCUT2D eigenvalue weighted by Gasteiger charge is -2.06. The van der Waals surface area contributed by atoms with E-state index in [1.54, 1.807) is 17.6 Å². The second-order valence-electron chi connectivity index (χ2n) is 3.45. The number of nitrogens with zero attached hydrogens (tertiary/aromatic N) is 1. The molecule has 0 atom stereocenters. The zero-order chi connectivity index (χ0) is 13.1. The molecule has 0 fully saturated rings. The first-order valence-corrected chi connectivity index (χ1v) is 6.97. The van der Waals surface area contributed by atoms with E-state index in [4.69, 9.17) is 16.7 Å². The van der Waals surface area contributed by atoms with Gasteiger partial charge in [0, 0.05) is 27.5 Å². The van der Waals surface area contributed by atoms with E-state index in [1.165, 1.54) is 11.3 Å². The van der Waals surface area contributed by atoms with E-state index < -0.39 is 5.97 Å².